The van der Waals surface area contributed by atoms with Gasteiger partial charge in [-0.3, -0.25) is 14.9 Å². The Labute approximate surface area is 172 Å². The average molecular weight is 406 g/mol. The van der Waals surface area contributed by atoms with Crippen molar-refractivity contribution in [3.05, 3.63) is 100 Å². The molecule has 8 nitrogen and oxygen atoms in total. The zero-order valence-electron chi connectivity index (χ0n) is 15.8. The van der Waals surface area contributed by atoms with Crippen LogP contribution < -0.4 is 14.8 Å². The Kier molecular flexibility index (Phi) is 6.73. The van der Waals surface area contributed by atoms with E-state index in [0.29, 0.717) is 12.1 Å². The standard InChI is InChI=1S/C22H18N2O6/c25-21(15-29-19-10-5-9-18(13-19)24(27)28)30-20-11-4-8-17(12-20)22(26)23-14-16-6-2-1-3-7-16/h1-13H,14-15H2,(H,23,26). The molecule has 0 unspecified atom stereocenters. The van der Waals surface area contributed by atoms with E-state index in [9.17, 15) is 19.7 Å². The number of nitrogens with zero attached hydrogens (tertiary/aromatic N) is 1. The summed E-state index contributed by atoms with van der Waals surface area (Å²) in [6.07, 6.45) is 0. The Balaban J connectivity index is 1.54. The van der Waals surface area contributed by atoms with Crippen LogP contribution in [0.5, 0.6) is 11.5 Å². The second-order valence-corrected chi connectivity index (χ2v) is 6.21. The molecule has 1 amide bonds. The van der Waals surface area contributed by atoms with E-state index in [1.807, 2.05) is 30.3 Å². The van der Waals surface area contributed by atoms with Crippen molar-refractivity contribution in [2.45, 2.75) is 6.54 Å². The number of nitrogens with one attached hydrogen (secondary N) is 1. The molecule has 3 rings (SSSR count). The van der Waals surface area contributed by atoms with Gasteiger partial charge in [-0.05, 0) is 29.8 Å². The van der Waals surface area contributed by atoms with E-state index in [2.05, 4.69) is 5.32 Å². The first kappa shape index (κ1) is 20.5. The minimum atomic E-state index is -0.705. The Bertz CT molecular complexity index is 1050. The number of ether oxygens (including phenoxy) is 2. The molecule has 0 saturated heterocycles. The molecule has 3 aromatic carbocycles. The average Bonchev–Trinajstić information content (AvgIpc) is 2.77. The molecule has 0 radical (unpaired) electrons. The second-order valence-electron chi connectivity index (χ2n) is 6.21. The van der Waals surface area contributed by atoms with Crippen LogP contribution in [0, 0.1) is 10.1 Å². The normalized spacial score (nSPS) is 10.1. The number of benzene rings is 3. The molecule has 152 valence electrons. The van der Waals surface area contributed by atoms with Crippen LogP contribution >= 0.6 is 0 Å². The topological polar surface area (TPSA) is 108 Å². The van der Waals surface area contributed by atoms with Gasteiger partial charge in [-0.15, -0.1) is 0 Å². The van der Waals surface area contributed by atoms with E-state index >= 15 is 0 Å². The SMILES string of the molecule is O=C(COc1cccc([N+](=O)[O-])c1)Oc1cccc(C(=O)NCc2ccccc2)c1. The molecule has 0 aliphatic heterocycles. The molecule has 0 saturated carbocycles. The number of non-ortho nitro benzene ring substituents is 1. The summed E-state index contributed by atoms with van der Waals surface area (Å²) in [6.45, 7) is -0.0632. The van der Waals surface area contributed by atoms with Crippen molar-refractivity contribution in [1.29, 1.82) is 0 Å². The number of nitro groups is 1. The summed E-state index contributed by atoms with van der Waals surface area (Å²) in [5, 5.41) is 13.6. The number of rotatable bonds is 8. The maximum absolute atomic E-state index is 12.3. The highest BCUT2D eigenvalue weighted by Gasteiger charge is 2.12. The summed E-state index contributed by atoms with van der Waals surface area (Å²) in [5.74, 6) is -0.641. The van der Waals surface area contributed by atoms with Crippen molar-refractivity contribution in [3.63, 3.8) is 0 Å². The third-order valence-electron chi connectivity index (χ3n) is 4.01. The third-order valence-corrected chi connectivity index (χ3v) is 4.01. The minimum Gasteiger partial charge on any atom is -0.482 e. The minimum absolute atomic E-state index is 0.143. The first-order chi connectivity index (χ1) is 14.5. The van der Waals surface area contributed by atoms with Gasteiger partial charge in [0.25, 0.3) is 11.6 Å². The molecule has 0 spiro atoms. The molecule has 3 aromatic rings. The van der Waals surface area contributed by atoms with Crippen LogP contribution in [-0.2, 0) is 11.3 Å². The maximum atomic E-state index is 12.3. The molecule has 0 atom stereocenters. The van der Waals surface area contributed by atoms with E-state index in [1.165, 1.54) is 30.3 Å². The quantitative estimate of drug-likeness (QED) is 0.265. The zero-order valence-corrected chi connectivity index (χ0v) is 15.8. The van der Waals surface area contributed by atoms with Crippen molar-refractivity contribution in [2.75, 3.05) is 6.61 Å². The predicted octanol–water partition coefficient (Wildman–Crippen LogP) is 3.51. The first-order valence-electron chi connectivity index (χ1n) is 9.01. The molecule has 8 heteroatoms. The van der Waals surface area contributed by atoms with Crippen molar-refractivity contribution in [1.82, 2.24) is 5.32 Å². The van der Waals surface area contributed by atoms with E-state index in [-0.39, 0.29) is 23.1 Å². The van der Waals surface area contributed by atoms with E-state index < -0.39 is 17.5 Å². The van der Waals surface area contributed by atoms with Gasteiger partial charge in [0.2, 0.25) is 0 Å². The number of carbonyl (C=O) groups is 2. The van der Waals surface area contributed by atoms with Gasteiger partial charge in [0, 0.05) is 18.2 Å². The monoisotopic (exact) mass is 406 g/mol. The molecule has 0 aliphatic rings. The first-order valence-corrected chi connectivity index (χ1v) is 9.01. The fourth-order valence-electron chi connectivity index (χ4n) is 2.57. The molecule has 1 N–H and O–H groups in total. The molecule has 0 fully saturated rings. The van der Waals surface area contributed by atoms with Crippen molar-refractivity contribution < 1.29 is 24.0 Å². The molecular weight excluding hydrogens is 388 g/mol. The summed E-state index contributed by atoms with van der Waals surface area (Å²) in [5.41, 5.74) is 1.16. The van der Waals surface area contributed by atoms with Crippen LogP contribution in [0.4, 0.5) is 5.69 Å². The van der Waals surface area contributed by atoms with Gasteiger partial charge in [0.05, 0.1) is 11.0 Å². The lowest BCUT2D eigenvalue weighted by Crippen LogP contribution is -2.23. The number of amides is 1. The number of esters is 1. The van der Waals surface area contributed by atoms with Gasteiger partial charge >= 0.3 is 5.97 Å². The number of carbonyl (C=O) groups excluding carboxylic acids is 2. The lowest BCUT2D eigenvalue weighted by Gasteiger charge is -2.09. The lowest BCUT2D eigenvalue weighted by atomic mass is 10.2. The van der Waals surface area contributed by atoms with E-state index in [0.717, 1.165) is 5.56 Å². The summed E-state index contributed by atoms with van der Waals surface area (Å²) in [7, 11) is 0. The maximum Gasteiger partial charge on any atom is 0.349 e. The smallest absolute Gasteiger partial charge is 0.349 e. The van der Waals surface area contributed by atoms with E-state index in [4.69, 9.17) is 9.47 Å². The molecule has 0 heterocycles. The fraction of sp³-hybridized carbons (Fsp3) is 0.0909. The molecule has 30 heavy (non-hydrogen) atoms. The van der Waals surface area contributed by atoms with Gasteiger partial charge in [0.1, 0.15) is 11.5 Å². The Morgan fingerprint density at radius 2 is 1.63 bits per heavy atom. The van der Waals surface area contributed by atoms with Crippen LogP contribution in [0.1, 0.15) is 15.9 Å². The van der Waals surface area contributed by atoms with Crippen LogP contribution in [0.15, 0.2) is 78.9 Å². The fourth-order valence-corrected chi connectivity index (χ4v) is 2.57. The molecule has 0 bridgehead atoms. The summed E-state index contributed by atoms with van der Waals surface area (Å²) in [4.78, 5) is 34.6. The largest absolute Gasteiger partial charge is 0.482 e. The van der Waals surface area contributed by atoms with Gasteiger partial charge in [0.15, 0.2) is 6.61 Å². The number of hydrogen-bond donors (Lipinski definition) is 1. The highest BCUT2D eigenvalue weighted by atomic mass is 16.6. The van der Waals surface area contributed by atoms with Crippen LogP contribution in [0.2, 0.25) is 0 Å². The van der Waals surface area contributed by atoms with Gasteiger partial charge in [-0.1, -0.05) is 42.5 Å². The molecule has 0 aliphatic carbocycles. The van der Waals surface area contributed by atoms with Gasteiger partial charge in [-0.25, -0.2) is 4.79 Å². The lowest BCUT2D eigenvalue weighted by molar-refractivity contribution is -0.384. The zero-order chi connectivity index (χ0) is 21.3. The highest BCUT2D eigenvalue weighted by Crippen LogP contribution is 2.19. The molecule has 0 aromatic heterocycles. The third kappa shape index (κ3) is 5.90. The second kappa shape index (κ2) is 9.83. The summed E-state index contributed by atoms with van der Waals surface area (Å²) in [6, 6.07) is 21.2. The van der Waals surface area contributed by atoms with Crippen LogP contribution in [0.25, 0.3) is 0 Å². The Morgan fingerprint density at radius 1 is 0.900 bits per heavy atom. The summed E-state index contributed by atoms with van der Waals surface area (Å²) >= 11 is 0. The predicted molar refractivity (Wildman–Crippen MR) is 108 cm³/mol. The number of nitro benzene ring substituents is 1. The highest BCUT2D eigenvalue weighted by molar-refractivity contribution is 5.94. The van der Waals surface area contributed by atoms with Crippen LogP contribution in [0.3, 0.4) is 0 Å². The number of hydrogen-bond acceptors (Lipinski definition) is 6. The van der Waals surface area contributed by atoms with E-state index in [1.54, 1.807) is 18.2 Å². The Morgan fingerprint density at radius 3 is 2.40 bits per heavy atom. The summed E-state index contributed by atoms with van der Waals surface area (Å²) < 4.78 is 10.4. The van der Waals surface area contributed by atoms with Crippen molar-refractivity contribution >= 4 is 17.6 Å². The van der Waals surface area contributed by atoms with Crippen molar-refractivity contribution in [3.8, 4) is 11.5 Å². The van der Waals surface area contributed by atoms with Gasteiger partial charge in [-0.2, -0.15) is 0 Å². The molecular formula is C22H18N2O6. The van der Waals surface area contributed by atoms with Crippen LogP contribution in [-0.4, -0.2) is 23.4 Å². The van der Waals surface area contributed by atoms with Crippen molar-refractivity contribution in [2.24, 2.45) is 0 Å². The van der Waals surface area contributed by atoms with Gasteiger partial charge < -0.3 is 14.8 Å². The Hall–Kier alpha value is -4.20.